The first-order valence-corrected chi connectivity index (χ1v) is 6.71. The molecule has 0 aromatic heterocycles. The van der Waals surface area contributed by atoms with Gasteiger partial charge in [-0.1, -0.05) is 18.2 Å². The van der Waals surface area contributed by atoms with Gasteiger partial charge in [-0.2, -0.15) is 0 Å². The summed E-state index contributed by atoms with van der Waals surface area (Å²) in [6, 6.07) is 0. The molecule has 1 heterocycles. The van der Waals surface area contributed by atoms with E-state index < -0.39 is 0 Å². The Morgan fingerprint density at radius 3 is 2.74 bits per heavy atom. The lowest BCUT2D eigenvalue weighted by atomic mass is 9.89. The SMILES string of the molecule is O=C1C=CC=C/C1=C/C=C1/OC=CC2=C1CCCC2. The zero-order valence-corrected chi connectivity index (χ0v) is 10.8. The first-order chi connectivity index (χ1) is 9.34. The van der Waals surface area contributed by atoms with Crippen molar-refractivity contribution in [1.82, 2.24) is 0 Å². The van der Waals surface area contributed by atoms with Crippen molar-refractivity contribution in [3.8, 4) is 0 Å². The number of hydrogen-bond acceptors (Lipinski definition) is 2. The van der Waals surface area contributed by atoms with Crippen molar-refractivity contribution in [3.63, 3.8) is 0 Å². The van der Waals surface area contributed by atoms with Crippen LogP contribution in [-0.2, 0) is 9.53 Å². The standard InChI is InChI=1S/C17H16O2/c18-16-8-4-2-6-14(16)9-10-17-15-7-3-1-5-13(15)11-12-19-17/h2,4,6,8-12H,1,3,5,7H2/b14-9-,17-10+. The highest BCUT2D eigenvalue weighted by atomic mass is 16.5. The van der Waals surface area contributed by atoms with Crippen molar-refractivity contribution in [2.75, 3.05) is 0 Å². The van der Waals surface area contributed by atoms with Gasteiger partial charge in [-0.05, 0) is 61.1 Å². The van der Waals surface area contributed by atoms with Gasteiger partial charge in [0.15, 0.2) is 5.78 Å². The molecule has 0 spiro atoms. The van der Waals surface area contributed by atoms with Gasteiger partial charge in [0.25, 0.3) is 0 Å². The minimum absolute atomic E-state index is 0.0450. The molecule has 0 radical (unpaired) electrons. The zero-order chi connectivity index (χ0) is 13.1. The van der Waals surface area contributed by atoms with Crippen molar-refractivity contribution in [2.24, 2.45) is 0 Å². The van der Waals surface area contributed by atoms with Crippen LogP contribution >= 0.6 is 0 Å². The fraction of sp³-hybridized carbons (Fsp3) is 0.235. The molecule has 96 valence electrons. The molecule has 0 aromatic rings. The maximum atomic E-state index is 11.6. The van der Waals surface area contributed by atoms with Gasteiger partial charge in [0.1, 0.15) is 5.76 Å². The molecule has 2 heteroatoms. The van der Waals surface area contributed by atoms with Crippen LogP contribution in [0.1, 0.15) is 25.7 Å². The van der Waals surface area contributed by atoms with Gasteiger partial charge in [-0.25, -0.2) is 0 Å². The number of ketones is 1. The minimum atomic E-state index is 0.0450. The van der Waals surface area contributed by atoms with E-state index in [1.54, 1.807) is 18.4 Å². The molecule has 0 N–H and O–H groups in total. The van der Waals surface area contributed by atoms with Crippen LogP contribution in [0.2, 0.25) is 0 Å². The lowest BCUT2D eigenvalue weighted by molar-refractivity contribution is -0.111. The van der Waals surface area contributed by atoms with Gasteiger partial charge in [-0.3, -0.25) is 4.79 Å². The van der Waals surface area contributed by atoms with Gasteiger partial charge in [-0.15, -0.1) is 0 Å². The minimum Gasteiger partial charge on any atom is -0.465 e. The van der Waals surface area contributed by atoms with Crippen LogP contribution in [0.4, 0.5) is 0 Å². The van der Waals surface area contributed by atoms with E-state index in [-0.39, 0.29) is 5.78 Å². The van der Waals surface area contributed by atoms with E-state index in [9.17, 15) is 4.79 Å². The van der Waals surface area contributed by atoms with E-state index in [1.165, 1.54) is 24.0 Å². The fourth-order valence-electron chi connectivity index (χ4n) is 2.58. The lowest BCUT2D eigenvalue weighted by Gasteiger charge is -2.23. The van der Waals surface area contributed by atoms with E-state index in [0.717, 1.165) is 18.6 Å². The highest BCUT2D eigenvalue weighted by molar-refractivity contribution is 6.07. The molecule has 0 fully saturated rings. The average Bonchev–Trinajstić information content (AvgIpc) is 2.46. The number of carbonyl (C=O) groups excluding carboxylic acids is 1. The third-order valence-electron chi connectivity index (χ3n) is 3.61. The van der Waals surface area contributed by atoms with E-state index in [4.69, 9.17) is 4.74 Å². The number of carbonyl (C=O) groups is 1. The highest BCUT2D eigenvalue weighted by Gasteiger charge is 2.18. The van der Waals surface area contributed by atoms with Gasteiger partial charge < -0.3 is 4.74 Å². The second-order valence-corrected chi connectivity index (χ2v) is 4.87. The summed E-state index contributed by atoms with van der Waals surface area (Å²) in [5.41, 5.74) is 3.38. The maximum absolute atomic E-state index is 11.6. The summed E-state index contributed by atoms with van der Waals surface area (Å²) in [5, 5.41) is 0. The number of rotatable bonds is 1. The third kappa shape index (κ3) is 2.53. The molecule has 3 rings (SSSR count). The van der Waals surface area contributed by atoms with E-state index in [1.807, 2.05) is 24.3 Å². The number of ether oxygens (including phenoxy) is 1. The third-order valence-corrected chi connectivity index (χ3v) is 3.61. The molecule has 1 aliphatic heterocycles. The van der Waals surface area contributed by atoms with Gasteiger partial charge in [0, 0.05) is 5.57 Å². The summed E-state index contributed by atoms with van der Waals surface area (Å²) in [4.78, 5) is 11.6. The number of hydrogen-bond donors (Lipinski definition) is 0. The summed E-state index contributed by atoms with van der Waals surface area (Å²) >= 11 is 0. The average molecular weight is 252 g/mol. The van der Waals surface area contributed by atoms with Gasteiger partial charge in [0.05, 0.1) is 6.26 Å². The van der Waals surface area contributed by atoms with Crippen molar-refractivity contribution in [1.29, 1.82) is 0 Å². The van der Waals surface area contributed by atoms with Crippen LogP contribution in [0, 0.1) is 0 Å². The van der Waals surface area contributed by atoms with Crippen LogP contribution in [-0.4, -0.2) is 5.78 Å². The summed E-state index contributed by atoms with van der Waals surface area (Å²) in [7, 11) is 0. The zero-order valence-electron chi connectivity index (χ0n) is 10.8. The Morgan fingerprint density at radius 1 is 1.00 bits per heavy atom. The highest BCUT2D eigenvalue weighted by Crippen LogP contribution is 2.34. The second kappa shape index (κ2) is 5.27. The number of allylic oxidation sites excluding steroid dienone is 10. The normalized spacial score (nSPS) is 26.0. The Balaban J connectivity index is 1.88. The second-order valence-electron chi connectivity index (χ2n) is 4.87. The first kappa shape index (κ1) is 12.0. The van der Waals surface area contributed by atoms with E-state index in [0.29, 0.717) is 5.57 Å². The molecule has 3 aliphatic rings. The first-order valence-electron chi connectivity index (χ1n) is 6.71. The molecule has 2 nitrogen and oxygen atoms in total. The molecule has 0 saturated heterocycles. The van der Waals surface area contributed by atoms with Crippen molar-refractivity contribution < 1.29 is 9.53 Å². The van der Waals surface area contributed by atoms with E-state index >= 15 is 0 Å². The molecule has 0 atom stereocenters. The van der Waals surface area contributed by atoms with Crippen molar-refractivity contribution in [3.05, 3.63) is 71.3 Å². The quantitative estimate of drug-likeness (QED) is 0.661. The lowest BCUT2D eigenvalue weighted by Crippen LogP contribution is -2.06. The summed E-state index contributed by atoms with van der Waals surface area (Å²) < 4.78 is 5.60. The Morgan fingerprint density at radius 2 is 1.84 bits per heavy atom. The molecule has 2 aliphatic carbocycles. The largest absolute Gasteiger partial charge is 0.465 e. The van der Waals surface area contributed by atoms with Gasteiger partial charge in [0.2, 0.25) is 0 Å². The molecule has 0 unspecified atom stereocenters. The van der Waals surface area contributed by atoms with Crippen LogP contribution in [0.15, 0.2) is 71.3 Å². The Bertz CT molecular complexity index is 580. The fourth-order valence-corrected chi connectivity index (χ4v) is 2.58. The molecule has 0 aromatic carbocycles. The molecular formula is C17H16O2. The predicted molar refractivity (Wildman–Crippen MR) is 75.2 cm³/mol. The molecular weight excluding hydrogens is 236 g/mol. The topological polar surface area (TPSA) is 26.3 Å². The van der Waals surface area contributed by atoms with Gasteiger partial charge >= 0.3 is 0 Å². The molecule has 0 saturated carbocycles. The Labute approximate surface area is 113 Å². The van der Waals surface area contributed by atoms with Crippen LogP contribution in [0.25, 0.3) is 0 Å². The summed E-state index contributed by atoms with van der Waals surface area (Å²) in [5.74, 6) is 0.934. The smallest absolute Gasteiger partial charge is 0.185 e. The predicted octanol–water partition coefficient (Wildman–Crippen LogP) is 3.91. The van der Waals surface area contributed by atoms with E-state index in [2.05, 4.69) is 6.08 Å². The summed E-state index contributed by atoms with van der Waals surface area (Å²) in [6.45, 7) is 0. The molecule has 19 heavy (non-hydrogen) atoms. The Hall–Kier alpha value is -2.09. The van der Waals surface area contributed by atoms with Crippen LogP contribution < -0.4 is 0 Å². The Kier molecular flexibility index (Phi) is 3.32. The molecule has 0 amide bonds. The van der Waals surface area contributed by atoms with Crippen LogP contribution in [0.3, 0.4) is 0 Å². The summed E-state index contributed by atoms with van der Waals surface area (Å²) in [6.07, 6.45) is 19.3. The maximum Gasteiger partial charge on any atom is 0.185 e. The van der Waals surface area contributed by atoms with Crippen LogP contribution in [0.5, 0.6) is 0 Å². The molecule has 0 bridgehead atoms. The monoisotopic (exact) mass is 252 g/mol. The van der Waals surface area contributed by atoms with Crippen molar-refractivity contribution >= 4 is 5.78 Å². The van der Waals surface area contributed by atoms with Crippen molar-refractivity contribution in [2.45, 2.75) is 25.7 Å².